The molecule has 1 saturated carbocycles. The Labute approximate surface area is 199 Å². The first kappa shape index (κ1) is 23.9. The maximum atomic E-state index is 13.6. The van der Waals surface area contributed by atoms with Crippen molar-refractivity contribution in [2.75, 3.05) is 32.5 Å². The molecule has 1 heterocycles. The quantitative estimate of drug-likeness (QED) is 0.661. The van der Waals surface area contributed by atoms with Crippen LogP contribution in [0.1, 0.15) is 48.8 Å². The predicted molar refractivity (Wildman–Crippen MR) is 136 cm³/mol. The van der Waals surface area contributed by atoms with Crippen LogP contribution in [0.25, 0.3) is 0 Å². The second-order valence-corrected chi connectivity index (χ2v) is 10.2. The number of nitrogens with zero attached hydrogens (tertiary/aromatic N) is 2. The van der Waals surface area contributed by atoms with Gasteiger partial charge in [0.25, 0.3) is 0 Å². The number of benzene rings is 2. The van der Waals surface area contributed by atoms with Gasteiger partial charge in [0, 0.05) is 37.4 Å². The van der Waals surface area contributed by atoms with Crippen molar-refractivity contribution < 1.29 is 4.79 Å². The molecule has 178 valence electrons. The minimum Gasteiger partial charge on any atom is -0.324 e. The largest absolute Gasteiger partial charge is 0.324 e. The third-order valence-electron chi connectivity index (χ3n) is 7.98. The van der Waals surface area contributed by atoms with Crippen LogP contribution < -0.4 is 10.6 Å². The molecule has 1 aliphatic heterocycles. The molecule has 2 aromatic rings. The number of aryl methyl sites for hydroxylation is 2. The molecule has 2 atom stereocenters. The number of likely N-dealkylation sites (N-methyl/N-ethyl adjacent to an activating group) is 1. The molecule has 1 aliphatic carbocycles. The summed E-state index contributed by atoms with van der Waals surface area (Å²) in [4.78, 5) is 18.4. The van der Waals surface area contributed by atoms with Crippen LogP contribution in [-0.4, -0.2) is 60.5 Å². The first-order chi connectivity index (χ1) is 15.9. The van der Waals surface area contributed by atoms with E-state index >= 15 is 0 Å². The van der Waals surface area contributed by atoms with Crippen LogP contribution in [-0.2, 0) is 11.3 Å². The smallest absolute Gasteiger partial charge is 0.244 e. The van der Waals surface area contributed by atoms with Gasteiger partial charge < -0.3 is 10.6 Å². The van der Waals surface area contributed by atoms with Crippen LogP contribution in [0.5, 0.6) is 0 Å². The normalized spacial score (nSPS) is 23.1. The lowest BCUT2D eigenvalue weighted by atomic mass is 9.84. The van der Waals surface area contributed by atoms with Gasteiger partial charge in [0.1, 0.15) is 5.54 Å². The van der Waals surface area contributed by atoms with Crippen LogP contribution in [0.2, 0.25) is 0 Å². The first-order valence-electron chi connectivity index (χ1n) is 12.5. The Balaban J connectivity index is 1.40. The maximum Gasteiger partial charge on any atom is 0.244 e. The Morgan fingerprint density at radius 3 is 2.30 bits per heavy atom. The SMILES string of the molecule is Cc1cccc(C)c1NC(=O)C1(N(C)C)CCN([C@@H]2CCC[C@H]2NCc2ccccc2)CC1. The molecule has 0 aromatic heterocycles. The summed E-state index contributed by atoms with van der Waals surface area (Å²) in [6.07, 6.45) is 5.48. The van der Waals surface area contributed by atoms with Gasteiger partial charge in [-0.2, -0.15) is 0 Å². The maximum absolute atomic E-state index is 13.6. The van der Waals surface area contributed by atoms with E-state index in [9.17, 15) is 4.79 Å². The number of nitrogens with one attached hydrogen (secondary N) is 2. The monoisotopic (exact) mass is 448 g/mol. The minimum atomic E-state index is -0.462. The highest BCUT2D eigenvalue weighted by Crippen LogP contribution is 2.34. The molecule has 4 rings (SSSR count). The molecule has 0 unspecified atom stereocenters. The lowest BCUT2D eigenvalue weighted by Gasteiger charge is -2.47. The molecule has 2 fully saturated rings. The molecule has 33 heavy (non-hydrogen) atoms. The van der Waals surface area contributed by atoms with Gasteiger partial charge in [0.05, 0.1) is 0 Å². The summed E-state index contributed by atoms with van der Waals surface area (Å²) in [6, 6.07) is 17.9. The van der Waals surface area contributed by atoms with Crippen molar-refractivity contribution in [3.05, 3.63) is 65.2 Å². The van der Waals surface area contributed by atoms with Crippen molar-refractivity contribution in [1.29, 1.82) is 0 Å². The highest BCUT2D eigenvalue weighted by atomic mass is 16.2. The summed E-state index contributed by atoms with van der Waals surface area (Å²) in [7, 11) is 4.11. The van der Waals surface area contributed by atoms with Gasteiger partial charge in [-0.25, -0.2) is 0 Å². The molecular weight excluding hydrogens is 408 g/mol. The Hall–Kier alpha value is -2.21. The highest BCUT2D eigenvalue weighted by Gasteiger charge is 2.45. The standard InChI is InChI=1S/C28H40N4O/c1-21-10-8-11-22(2)26(21)30-27(33)28(31(3)4)16-18-32(19-17-28)25-15-9-14-24(25)29-20-23-12-6-5-7-13-23/h5-8,10-13,24-25,29H,9,14-20H2,1-4H3,(H,30,33)/t24-,25-/m1/s1. The van der Waals surface area contributed by atoms with Crippen LogP contribution >= 0.6 is 0 Å². The zero-order chi connectivity index (χ0) is 23.4. The fourth-order valence-electron chi connectivity index (χ4n) is 5.80. The summed E-state index contributed by atoms with van der Waals surface area (Å²) in [6.45, 7) is 6.99. The summed E-state index contributed by atoms with van der Waals surface area (Å²) in [5, 5.41) is 7.12. The van der Waals surface area contributed by atoms with E-state index in [4.69, 9.17) is 0 Å². The van der Waals surface area contributed by atoms with E-state index < -0.39 is 5.54 Å². The molecule has 5 nitrogen and oxygen atoms in total. The molecular formula is C28H40N4O. The molecule has 0 bridgehead atoms. The molecule has 5 heteroatoms. The van der Waals surface area contributed by atoms with Gasteiger partial charge in [-0.05, 0) is 70.3 Å². The number of amides is 1. The van der Waals surface area contributed by atoms with Crippen molar-refractivity contribution in [2.45, 2.75) is 70.1 Å². The summed E-state index contributed by atoms with van der Waals surface area (Å²) < 4.78 is 0. The molecule has 2 aliphatic rings. The predicted octanol–water partition coefficient (Wildman–Crippen LogP) is 4.35. The number of rotatable bonds is 7. The Morgan fingerprint density at radius 2 is 1.67 bits per heavy atom. The number of para-hydroxylation sites is 1. The number of hydrogen-bond donors (Lipinski definition) is 2. The second kappa shape index (κ2) is 10.4. The average molecular weight is 449 g/mol. The Kier molecular flexibility index (Phi) is 7.52. The Morgan fingerprint density at radius 1 is 1.00 bits per heavy atom. The molecule has 0 spiro atoms. The van der Waals surface area contributed by atoms with Crippen molar-refractivity contribution in [3.63, 3.8) is 0 Å². The van der Waals surface area contributed by atoms with Crippen molar-refractivity contribution in [1.82, 2.24) is 15.1 Å². The zero-order valence-electron chi connectivity index (χ0n) is 20.7. The van der Waals surface area contributed by atoms with Crippen LogP contribution in [0.3, 0.4) is 0 Å². The topological polar surface area (TPSA) is 47.6 Å². The van der Waals surface area contributed by atoms with E-state index in [-0.39, 0.29) is 5.91 Å². The second-order valence-electron chi connectivity index (χ2n) is 10.2. The average Bonchev–Trinajstić information content (AvgIpc) is 3.29. The van der Waals surface area contributed by atoms with Crippen LogP contribution in [0.4, 0.5) is 5.69 Å². The number of hydrogen-bond acceptors (Lipinski definition) is 4. The number of likely N-dealkylation sites (tertiary alicyclic amines) is 1. The first-order valence-corrected chi connectivity index (χ1v) is 12.5. The van der Waals surface area contributed by atoms with Gasteiger partial charge in [-0.3, -0.25) is 14.6 Å². The van der Waals surface area contributed by atoms with Gasteiger partial charge in [-0.15, -0.1) is 0 Å². The molecule has 0 radical (unpaired) electrons. The van der Waals surface area contributed by atoms with E-state index in [1.165, 1.54) is 24.8 Å². The van der Waals surface area contributed by atoms with Crippen molar-refractivity contribution in [2.24, 2.45) is 0 Å². The van der Waals surface area contributed by atoms with Crippen LogP contribution in [0.15, 0.2) is 48.5 Å². The fourth-order valence-corrected chi connectivity index (χ4v) is 5.80. The van der Waals surface area contributed by atoms with E-state index in [0.29, 0.717) is 12.1 Å². The summed E-state index contributed by atoms with van der Waals surface area (Å²) >= 11 is 0. The summed E-state index contributed by atoms with van der Waals surface area (Å²) in [5.41, 5.74) is 4.08. The van der Waals surface area contributed by atoms with Crippen LogP contribution in [0, 0.1) is 13.8 Å². The lowest BCUT2D eigenvalue weighted by Crippen LogP contribution is -2.61. The van der Waals surface area contributed by atoms with E-state index in [2.05, 4.69) is 90.8 Å². The van der Waals surface area contributed by atoms with E-state index in [1.807, 2.05) is 6.07 Å². The number of carbonyl (C=O) groups excluding carboxylic acids is 1. The minimum absolute atomic E-state index is 0.134. The highest BCUT2D eigenvalue weighted by molar-refractivity contribution is 5.99. The molecule has 2 N–H and O–H groups in total. The third kappa shape index (κ3) is 5.16. The lowest BCUT2D eigenvalue weighted by molar-refractivity contribution is -0.130. The van der Waals surface area contributed by atoms with Gasteiger partial charge >= 0.3 is 0 Å². The molecule has 2 aromatic carbocycles. The van der Waals surface area contributed by atoms with E-state index in [1.54, 1.807) is 0 Å². The van der Waals surface area contributed by atoms with Gasteiger partial charge in [0.2, 0.25) is 5.91 Å². The van der Waals surface area contributed by atoms with Crippen molar-refractivity contribution in [3.8, 4) is 0 Å². The third-order valence-corrected chi connectivity index (χ3v) is 7.98. The number of anilines is 1. The zero-order valence-corrected chi connectivity index (χ0v) is 20.7. The van der Waals surface area contributed by atoms with E-state index in [0.717, 1.165) is 49.3 Å². The fraction of sp³-hybridized carbons (Fsp3) is 0.536. The summed E-state index contributed by atoms with van der Waals surface area (Å²) in [5.74, 6) is 0.134. The van der Waals surface area contributed by atoms with Gasteiger partial charge in [0.15, 0.2) is 0 Å². The van der Waals surface area contributed by atoms with Gasteiger partial charge in [-0.1, -0.05) is 55.0 Å². The molecule has 1 amide bonds. The number of carbonyl (C=O) groups is 1. The Bertz CT molecular complexity index is 914. The number of piperidine rings is 1. The molecule has 1 saturated heterocycles. The van der Waals surface area contributed by atoms with Crippen molar-refractivity contribution >= 4 is 11.6 Å².